The van der Waals surface area contributed by atoms with Gasteiger partial charge in [-0.15, -0.1) is 5.69 Å². The molecule has 0 fully saturated rings. The molecule has 0 aliphatic heterocycles. The summed E-state index contributed by atoms with van der Waals surface area (Å²) in [6.45, 7) is 0. The molecule has 0 amide bonds. The van der Waals surface area contributed by atoms with Gasteiger partial charge in [0.15, 0.2) is 0 Å². The average Bonchev–Trinajstić information content (AvgIpc) is 1.88. The molecule has 0 unspecified atom stereocenters. The van der Waals surface area contributed by atoms with Crippen LogP contribution in [-0.2, 0) is 22.4 Å². The molecule has 11 heavy (non-hydrogen) atoms. The maximum absolute atomic E-state index is 10.3. The van der Waals surface area contributed by atoms with Crippen molar-refractivity contribution < 1.29 is 32.3 Å². The second kappa shape index (κ2) is 4.18. The van der Waals surface area contributed by atoms with Crippen LogP contribution in [0, 0.1) is 0 Å². The van der Waals surface area contributed by atoms with Gasteiger partial charge >= 0.3 is 28.3 Å². The number of hydrogen-bond acceptors (Lipinski definition) is 1. The Morgan fingerprint density at radius 3 is 2.27 bits per heavy atom. The first-order valence-electron chi connectivity index (χ1n) is 2.76. The van der Waals surface area contributed by atoms with E-state index >= 15 is 0 Å². The van der Waals surface area contributed by atoms with E-state index in [1.165, 1.54) is 12.1 Å². The van der Waals surface area contributed by atoms with Gasteiger partial charge in [-0.1, -0.05) is 18.2 Å². The molecule has 0 spiro atoms. The van der Waals surface area contributed by atoms with Crippen molar-refractivity contribution in [1.29, 1.82) is 0 Å². The fourth-order valence-electron chi connectivity index (χ4n) is 0.670. The normalized spacial score (nSPS) is 8.36. The van der Waals surface area contributed by atoms with Gasteiger partial charge in [-0.2, -0.15) is 0 Å². The Hall–Kier alpha value is -0.770. The summed E-state index contributed by atoms with van der Waals surface area (Å²) < 4.78 is 0. The summed E-state index contributed by atoms with van der Waals surface area (Å²) in [7, 11) is 0. The fraction of sp³-hybridized carbons (Fsp3) is 0. The Morgan fingerprint density at radius 2 is 1.91 bits per heavy atom. The zero-order valence-electron chi connectivity index (χ0n) is 5.47. The zero-order chi connectivity index (χ0) is 7.56. The third-order valence-corrected chi connectivity index (χ3v) is 1.16. The molecule has 4 heteroatoms. The molecule has 0 bridgehead atoms. The van der Waals surface area contributed by atoms with Crippen molar-refractivity contribution in [3.8, 4) is 0 Å². The topological polar surface area (TPSA) is 61.1 Å². The van der Waals surface area contributed by atoms with E-state index in [1.807, 2.05) is 0 Å². The number of hydrogen-bond donors (Lipinski definition) is 1. The molecule has 62 valence electrons. The van der Waals surface area contributed by atoms with Crippen LogP contribution in [0.15, 0.2) is 24.3 Å². The minimum atomic E-state index is -1.05. The smallest absolute Gasteiger partial charge is 0.698 e. The Kier molecular flexibility index (Phi) is 3.89. The Morgan fingerprint density at radius 1 is 1.36 bits per heavy atom. The monoisotopic (exact) mass is 333 g/mol. The van der Waals surface area contributed by atoms with Crippen LogP contribution in [0.5, 0.6) is 0 Å². The van der Waals surface area contributed by atoms with Crippen molar-refractivity contribution in [2.24, 2.45) is 0 Å². The van der Waals surface area contributed by atoms with E-state index in [2.05, 4.69) is 0 Å². The van der Waals surface area contributed by atoms with Gasteiger partial charge in [0.25, 0.3) is 0 Å². The summed E-state index contributed by atoms with van der Waals surface area (Å²) in [5.74, 6) is -1.05. The van der Waals surface area contributed by atoms with Crippen LogP contribution in [0.3, 0.4) is 0 Å². The van der Waals surface area contributed by atoms with Gasteiger partial charge in [-0.25, -0.2) is 4.79 Å². The van der Waals surface area contributed by atoms with E-state index < -0.39 is 5.97 Å². The van der Waals surface area contributed by atoms with Crippen LogP contribution in [0.2, 0.25) is 0 Å². The number of benzene rings is 1. The average molecular weight is 333 g/mol. The minimum absolute atomic E-state index is 0. The molecule has 0 saturated heterocycles. The first kappa shape index (κ1) is 10.2. The van der Waals surface area contributed by atoms with Crippen molar-refractivity contribution in [1.82, 2.24) is 0 Å². The van der Waals surface area contributed by atoms with Crippen LogP contribution < -0.4 is 0 Å². The number of carboxylic acid groups (broad SMARTS) is 1. The van der Waals surface area contributed by atoms with E-state index in [0.717, 1.165) is 0 Å². The number of carbonyl (C=O) groups is 1. The van der Waals surface area contributed by atoms with Crippen molar-refractivity contribution in [2.45, 2.75) is 0 Å². The summed E-state index contributed by atoms with van der Waals surface area (Å²) in [4.78, 5) is 10.3. The largest absolute Gasteiger partial charge is 1.00 e. The van der Waals surface area contributed by atoms with Gasteiger partial charge in [0.05, 0.1) is 0 Å². The fourth-order valence-corrected chi connectivity index (χ4v) is 0.670. The maximum Gasteiger partial charge on any atom is 1.00 e. The number of aromatic carboxylic acids is 1. The summed E-state index contributed by atoms with van der Waals surface area (Å²) in [5, 5.41) is 8.45. The molecule has 0 heterocycles. The molecule has 0 radical (unpaired) electrons. The number of carboxylic acids is 1. The van der Waals surface area contributed by atoms with Gasteiger partial charge in [0.2, 0.25) is 0 Å². The maximum atomic E-state index is 10.3. The molecule has 2 N–H and O–H groups in total. The van der Waals surface area contributed by atoms with E-state index in [4.69, 9.17) is 10.8 Å². The molecule has 1 aromatic carbocycles. The van der Waals surface area contributed by atoms with Gasteiger partial charge in [-0.05, 0) is 6.07 Å². The Bertz CT molecular complexity index is 262. The van der Waals surface area contributed by atoms with Crippen LogP contribution in [0.1, 0.15) is 10.4 Å². The Balaban J connectivity index is 0.000001000. The van der Waals surface area contributed by atoms with Gasteiger partial charge in [0, 0.05) is 5.56 Å². The molecule has 0 aliphatic carbocycles. The molecule has 1 aromatic rings. The van der Waals surface area contributed by atoms with Crippen LogP contribution >= 0.6 is 0 Å². The molecule has 0 atom stereocenters. The summed E-state index contributed by atoms with van der Waals surface area (Å²) in [6.07, 6.45) is 0. The Labute approximate surface area is 79.7 Å². The number of rotatable bonds is 1. The predicted molar refractivity (Wildman–Crippen MR) is 37.4 cm³/mol. The van der Waals surface area contributed by atoms with Crippen LogP contribution in [0.25, 0.3) is 5.73 Å². The second-order valence-electron chi connectivity index (χ2n) is 1.85. The number of nitrogens with one attached hydrogen (secondary N) is 1. The predicted octanol–water partition coefficient (Wildman–Crippen LogP) is 2.07. The summed E-state index contributed by atoms with van der Waals surface area (Å²) in [6, 6.07) is 6.09. The van der Waals surface area contributed by atoms with E-state index in [1.54, 1.807) is 12.1 Å². The molecule has 3 nitrogen and oxygen atoms in total. The second-order valence-corrected chi connectivity index (χ2v) is 1.85. The first-order valence-corrected chi connectivity index (χ1v) is 2.76. The van der Waals surface area contributed by atoms with Crippen LogP contribution in [0.4, 0.5) is 5.69 Å². The molecular weight excluding hydrogens is 327 g/mol. The molecule has 1 rings (SSSR count). The van der Waals surface area contributed by atoms with E-state index in [0.29, 0.717) is 0 Å². The quantitative estimate of drug-likeness (QED) is 0.800. The molecular formula is C7H6AuNO2. The van der Waals surface area contributed by atoms with Gasteiger partial charge in [0.1, 0.15) is 0 Å². The van der Waals surface area contributed by atoms with Crippen LogP contribution in [-0.4, -0.2) is 11.1 Å². The minimum Gasteiger partial charge on any atom is -0.698 e. The standard InChI is InChI=1S/C7H6NO2.Au/c8-6-4-2-1-3-5(6)7(9)10;/h1-4,8H,(H,9,10);/q-1;+1. The first-order chi connectivity index (χ1) is 4.72. The van der Waals surface area contributed by atoms with Crippen molar-refractivity contribution in [3.63, 3.8) is 0 Å². The van der Waals surface area contributed by atoms with Crippen molar-refractivity contribution in [3.05, 3.63) is 35.6 Å². The molecule has 0 aromatic heterocycles. The van der Waals surface area contributed by atoms with E-state index in [-0.39, 0.29) is 33.6 Å². The third-order valence-electron chi connectivity index (χ3n) is 1.16. The molecule has 0 saturated carbocycles. The zero-order valence-corrected chi connectivity index (χ0v) is 7.63. The van der Waals surface area contributed by atoms with Crippen molar-refractivity contribution >= 4 is 11.7 Å². The molecule has 0 aliphatic rings. The van der Waals surface area contributed by atoms with Crippen molar-refractivity contribution in [2.75, 3.05) is 0 Å². The van der Waals surface area contributed by atoms with Gasteiger partial charge < -0.3 is 10.8 Å². The SMILES string of the molecule is [Au+].[NH-]c1ccccc1C(=O)O. The summed E-state index contributed by atoms with van der Waals surface area (Å²) >= 11 is 0. The van der Waals surface area contributed by atoms with E-state index in [9.17, 15) is 4.79 Å². The van der Waals surface area contributed by atoms with Gasteiger partial charge in [-0.3, -0.25) is 0 Å². The third kappa shape index (κ3) is 2.38. The summed E-state index contributed by atoms with van der Waals surface area (Å²) in [5.41, 5.74) is 7.22.